The largest absolute Gasteiger partial charge is 0.339 e. The fourth-order valence-electron chi connectivity index (χ4n) is 2.72. The van der Waals surface area contributed by atoms with Gasteiger partial charge in [0.1, 0.15) is 11.6 Å². The van der Waals surface area contributed by atoms with Gasteiger partial charge >= 0.3 is 0 Å². The van der Waals surface area contributed by atoms with Crippen molar-refractivity contribution in [2.75, 3.05) is 11.6 Å². The van der Waals surface area contributed by atoms with Crippen LogP contribution in [0.5, 0.6) is 0 Å². The third-order valence-corrected chi connectivity index (χ3v) is 4.79. The average Bonchev–Trinajstić information content (AvgIpc) is 2.67. The summed E-state index contributed by atoms with van der Waals surface area (Å²) in [5, 5.41) is 13.7. The third-order valence-electron chi connectivity index (χ3n) is 4.24. The number of benzene rings is 2. The van der Waals surface area contributed by atoms with E-state index < -0.39 is 0 Å². The van der Waals surface area contributed by atoms with Crippen LogP contribution >= 0.6 is 11.8 Å². The van der Waals surface area contributed by atoms with E-state index in [2.05, 4.69) is 54.3 Å². The highest BCUT2D eigenvalue weighted by Crippen LogP contribution is 2.31. The zero-order chi connectivity index (χ0) is 19.4. The van der Waals surface area contributed by atoms with Crippen molar-refractivity contribution in [2.24, 2.45) is 0 Å². The SMILES string of the molecule is CSc1nc(Nc2ccccc2)c(C#N)c(-c2ccc(C(C)(C)C)cc2)n1. The second kappa shape index (κ2) is 7.81. The molecule has 0 saturated heterocycles. The summed E-state index contributed by atoms with van der Waals surface area (Å²) >= 11 is 1.46. The van der Waals surface area contributed by atoms with Gasteiger partial charge in [0.15, 0.2) is 11.0 Å². The van der Waals surface area contributed by atoms with Crippen LogP contribution in [0, 0.1) is 11.3 Å². The number of nitrogens with zero attached hydrogens (tertiary/aromatic N) is 3. The third kappa shape index (κ3) is 4.29. The number of thioether (sulfide) groups is 1. The molecule has 0 fully saturated rings. The van der Waals surface area contributed by atoms with Gasteiger partial charge in [0.05, 0.1) is 5.69 Å². The number of hydrogen-bond donors (Lipinski definition) is 1. The summed E-state index contributed by atoms with van der Waals surface area (Å²) in [5.74, 6) is 0.526. The van der Waals surface area contributed by atoms with Crippen LogP contribution < -0.4 is 5.32 Å². The van der Waals surface area contributed by atoms with Crippen LogP contribution in [-0.4, -0.2) is 16.2 Å². The average molecular weight is 375 g/mol. The van der Waals surface area contributed by atoms with E-state index in [1.807, 2.05) is 48.7 Å². The summed E-state index contributed by atoms with van der Waals surface area (Å²) < 4.78 is 0. The topological polar surface area (TPSA) is 61.6 Å². The molecule has 0 spiro atoms. The molecule has 2 aromatic carbocycles. The van der Waals surface area contributed by atoms with Crippen LogP contribution in [0.4, 0.5) is 11.5 Å². The van der Waals surface area contributed by atoms with Crippen LogP contribution in [0.15, 0.2) is 59.8 Å². The summed E-state index contributed by atoms with van der Waals surface area (Å²) in [7, 11) is 0. The Labute approximate surface area is 164 Å². The van der Waals surface area contributed by atoms with E-state index in [1.54, 1.807) is 0 Å². The van der Waals surface area contributed by atoms with Gasteiger partial charge in [-0.05, 0) is 29.4 Å². The highest BCUT2D eigenvalue weighted by molar-refractivity contribution is 7.98. The molecule has 27 heavy (non-hydrogen) atoms. The van der Waals surface area contributed by atoms with Gasteiger partial charge in [0.2, 0.25) is 0 Å². The fourth-order valence-corrected chi connectivity index (χ4v) is 3.09. The van der Waals surface area contributed by atoms with Crippen molar-refractivity contribution in [2.45, 2.75) is 31.3 Å². The Morgan fingerprint density at radius 2 is 1.63 bits per heavy atom. The second-order valence-corrected chi connectivity index (χ2v) is 7.99. The Hall–Kier alpha value is -2.84. The number of anilines is 2. The van der Waals surface area contributed by atoms with Crippen molar-refractivity contribution in [3.05, 3.63) is 65.7 Å². The van der Waals surface area contributed by atoms with Gasteiger partial charge < -0.3 is 5.32 Å². The minimum absolute atomic E-state index is 0.0761. The van der Waals surface area contributed by atoms with Crippen molar-refractivity contribution in [1.82, 2.24) is 9.97 Å². The van der Waals surface area contributed by atoms with E-state index in [-0.39, 0.29) is 5.41 Å². The summed E-state index contributed by atoms with van der Waals surface area (Å²) in [6.07, 6.45) is 1.93. The van der Waals surface area contributed by atoms with Crippen LogP contribution in [0.2, 0.25) is 0 Å². The van der Waals surface area contributed by atoms with Crippen molar-refractivity contribution in [1.29, 1.82) is 5.26 Å². The Balaban J connectivity index is 2.09. The molecule has 0 bridgehead atoms. The maximum absolute atomic E-state index is 9.81. The Kier molecular flexibility index (Phi) is 5.48. The van der Waals surface area contributed by atoms with Crippen molar-refractivity contribution in [3.8, 4) is 17.3 Å². The Bertz CT molecular complexity index is 968. The first-order chi connectivity index (χ1) is 12.9. The van der Waals surface area contributed by atoms with E-state index in [0.717, 1.165) is 11.3 Å². The lowest BCUT2D eigenvalue weighted by molar-refractivity contribution is 0.590. The first-order valence-corrected chi connectivity index (χ1v) is 9.94. The number of para-hydroxylation sites is 1. The molecule has 0 amide bonds. The van der Waals surface area contributed by atoms with Crippen molar-refractivity contribution >= 4 is 23.3 Å². The molecule has 3 aromatic rings. The molecule has 136 valence electrons. The lowest BCUT2D eigenvalue weighted by Gasteiger charge is -2.19. The Morgan fingerprint density at radius 1 is 0.963 bits per heavy atom. The van der Waals surface area contributed by atoms with E-state index in [1.165, 1.54) is 17.3 Å². The molecule has 0 aliphatic carbocycles. The molecule has 1 N–H and O–H groups in total. The molecule has 5 heteroatoms. The van der Waals surface area contributed by atoms with Gasteiger partial charge in [-0.15, -0.1) is 0 Å². The summed E-state index contributed by atoms with van der Waals surface area (Å²) in [5.41, 5.74) is 4.21. The highest BCUT2D eigenvalue weighted by Gasteiger charge is 2.18. The van der Waals surface area contributed by atoms with E-state index in [9.17, 15) is 5.26 Å². The maximum Gasteiger partial charge on any atom is 0.189 e. The van der Waals surface area contributed by atoms with Gasteiger partial charge in [-0.3, -0.25) is 0 Å². The van der Waals surface area contributed by atoms with Gasteiger partial charge in [-0.1, -0.05) is 75.0 Å². The molecular formula is C22H22N4S. The van der Waals surface area contributed by atoms with E-state index >= 15 is 0 Å². The summed E-state index contributed by atoms with van der Waals surface area (Å²) in [6, 6.07) is 20.3. The molecule has 0 aliphatic rings. The summed E-state index contributed by atoms with van der Waals surface area (Å²) in [4.78, 5) is 9.13. The number of rotatable bonds is 4. The van der Waals surface area contributed by atoms with E-state index in [0.29, 0.717) is 22.2 Å². The number of nitrogens with one attached hydrogen (secondary N) is 1. The fraction of sp³-hybridized carbons (Fsp3) is 0.227. The van der Waals surface area contributed by atoms with E-state index in [4.69, 9.17) is 0 Å². The minimum Gasteiger partial charge on any atom is -0.339 e. The lowest BCUT2D eigenvalue weighted by Crippen LogP contribution is -2.10. The van der Waals surface area contributed by atoms with Crippen molar-refractivity contribution in [3.63, 3.8) is 0 Å². The molecule has 0 aliphatic heterocycles. The first kappa shape index (κ1) is 18.9. The number of aromatic nitrogens is 2. The standard InChI is InChI=1S/C22H22N4S/c1-22(2,3)16-12-10-15(11-13-16)19-18(14-23)20(26-21(25-19)27-4)24-17-8-6-5-7-9-17/h5-13H,1-4H3,(H,24,25,26). The summed E-state index contributed by atoms with van der Waals surface area (Å²) in [6.45, 7) is 6.54. The van der Waals surface area contributed by atoms with Crippen LogP contribution in [-0.2, 0) is 5.41 Å². The molecule has 0 unspecified atom stereocenters. The molecular weight excluding hydrogens is 352 g/mol. The first-order valence-electron chi connectivity index (χ1n) is 8.71. The molecule has 1 aromatic heterocycles. The van der Waals surface area contributed by atoms with Crippen LogP contribution in [0.1, 0.15) is 31.9 Å². The molecule has 0 atom stereocenters. The van der Waals surface area contributed by atoms with Gasteiger partial charge in [0, 0.05) is 11.3 Å². The zero-order valence-electron chi connectivity index (χ0n) is 15.9. The smallest absolute Gasteiger partial charge is 0.189 e. The Morgan fingerprint density at radius 3 is 2.19 bits per heavy atom. The normalized spacial score (nSPS) is 11.1. The van der Waals surface area contributed by atoms with Gasteiger partial charge in [-0.2, -0.15) is 5.26 Å². The zero-order valence-corrected chi connectivity index (χ0v) is 16.8. The molecule has 1 heterocycles. The van der Waals surface area contributed by atoms with Crippen molar-refractivity contribution < 1.29 is 0 Å². The van der Waals surface area contributed by atoms with Gasteiger partial charge in [0.25, 0.3) is 0 Å². The quantitative estimate of drug-likeness (QED) is 0.463. The number of nitriles is 1. The minimum atomic E-state index is 0.0761. The number of hydrogen-bond acceptors (Lipinski definition) is 5. The van der Waals surface area contributed by atoms with Crippen LogP contribution in [0.25, 0.3) is 11.3 Å². The predicted octanol–water partition coefficient (Wildman–Crippen LogP) is 5.78. The monoisotopic (exact) mass is 374 g/mol. The maximum atomic E-state index is 9.81. The van der Waals surface area contributed by atoms with Crippen LogP contribution in [0.3, 0.4) is 0 Å². The molecule has 0 saturated carbocycles. The molecule has 0 radical (unpaired) electrons. The molecule has 4 nitrogen and oxygen atoms in total. The van der Waals surface area contributed by atoms with Gasteiger partial charge in [-0.25, -0.2) is 9.97 Å². The second-order valence-electron chi connectivity index (χ2n) is 7.21. The predicted molar refractivity (Wildman–Crippen MR) is 112 cm³/mol. The molecule has 3 rings (SSSR count). The highest BCUT2D eigenvalue weighted by atomic mass is 32.2. The lowest BCUT2D eigenvalue weighted by atomic mass is 9.86.